The molecule has 25 heavy (non-hydrogen) atoms. The third-order valence-electron chi connectivity index (χ3n) is 5.14. The number of carbonyl (C=O) groups excluding carboxylic acids is 1. The first-order valence-electron chi connectivity index (χ1n) is 8.73. The highest BCUT2D eigenvalue weighted by Gasteiger charge is 2.55. The van der Waals surface area contributed by atoms with Crippen molar-refractivity contribution in [2.24, 2.45) is 11.3 Å². The van der Waals surface area contributed by atoms with Crippen molar-refractivity contribution < 1.29 is 18.3 Å². The molecule has 3 rings (SSSR count). The fraction of sp³-hybridized carbons (Fsp3) is 0.526. The van der Waals surface area contributed by atoms with Crippen molar-refractivity contribution in [1.82, 2.24) is 4.90 Å². The van der Waals surface area contributed by atoms with Crippen LogP contribution < -0.4 is 10.1 Å². The van der Waals surface area contributed by atoms with E-state index >= 15 is 0 Å². The number of allylic oxidation sites excluding steroid dienone is 2. The molecule has 2 aliphatic rings. The number of ether oxygens (including phenoxy) is 1. The topological polar surface area (TPSA) is 41.6 Å². The SMILES string of the molecule is CCOc1ccc(F)c(NC(=O)N2CC3(CC=CC3)[C@@H]2C(C)C)c1F. The van der Waals surface area contributed by atoms with Gasteiger partial charge in [-0.25, -0.2) is 13.6 Å². The van der Waals surface area contributed by atoms with E-state index in [1.54, 1.807) is 11.8 Å². The van der Waals surface area contributed by atoms with E-state index < -0.39 is 23.4 Å². The third-order valence-corrected chi connectivity index (χ3v) is 5.14. The predicted molar refractivity (Wildman–Crippen MR) is 92.7 cm³/mol. The Bertz CT molecular complexity index is 695. The second-order valence-electron chi connectivity index (χ2n) is 7.16. The van der Waals surface area contributed by atoms with Gasteiger partial charge in [-0.15, -0.1) is 0 Å². The predicted octanol–water partition coefficient (Wildman–Crippen LogP) is 4.57. The average Bonchev–Trinajstić information content (AvgIpc) is 3.03. The summed E-state index contributed by atoms with van der Waals surface area (Å²) in [4.78, 5) is 14.3. The van der Waals surface area contributed by atoms with Crippen LogP contribution in [0.25, 0.3) is 0 Å². The molecule has 0 saturated carbocycles. The van der Waals surface area contributed by atoms with E-state index in [0.717, 1.165) is 18.9 Å². The Morgan fingerprint density at radius 2 is 2.04 bits per heavy atom. The second kappa shape index (κ2) is 6.65. The summed E-state index contributed by atoms with van der Waals surface area (Å²) in [5, 5.41) is 2.41. The number of anilines is 1. The Morgan fingerprint density at radius 3 is 2.64 bits per heavy atom. The molecule has 2 amide bonds. The van der Waals surface area contributed by atoms with Gasteiger partial charge < -0.3 is 15.0 Å². The van der Waals surface area contributed by atoms with Gasteiger partial charge in [-0.2, -0.15) is 0 Å². The summed E-state index contributed by atoms with van der Waals surface area (Å²) < 4.78 is 33.6. The standard InChI is InChI=1S/C19H24F2N2O2/c1-4-25-14-8-7-13(20)16(15(14)21)22-18(24)23-11-19(9-5-6-10-19)17(23)12(2)3/h5-8,12,17H,4,9-11H2,1-3H3,(H,22,24)/t17-/m0/s1. The van der Waals surface area contributed by atoms with E-state index in [1.807, 2.05) is 0 Å². The van der Waals surface area contributed by atoms with Crippen molar-refractivity contribution in [1.29, 1.82) is 0 Å². The lowest BCUT2D eigenvalue weighted by molar-refractivity contribution is -0.0538. The fourth-order valence-electron chi connectivity index (χ4n) is 4.20. The maximum atomic E-state index is 14.4. The zero-order valence-electron chi connectivity index (χ0n) is 14.8. The van der Waals surface area contributed by atoms with Crippen LogP contribution in [-0.2, 0) is 0 Å². The molecule has 1 N–H and O–H groups in total. The van der Waals surface area contributed by atoms with E-state index in [1.165, 1.54) is 6.07 Å². The summed E-state index contributed by atoms with van der Waals surface area (Å²) in [5.41, 5.74) is -0.376. The summed E-state index contributed by atoms with van der Waals surface area (Å²) >= 11 is 0. The quantitative estimate of drug-likeness (QED) is 0.808. The van der Waals surface area contributed by atoms with Crippen molar-refractivity contribution in [3.05, 3.63) is 35.9 Å². The summed E-state index contributed by atoms with van der Waals surface area (Å²) in [7, 11) is 0. The molecule has 1 spiro atoms. The number of nitrogens with one attached hydrogen (secondary N) is 1. The molecule has 0 aromatic heterocycles. The molecule has 1 aliphatic heterocycles. The lowest BCUT2D eigenvalue weighted by atomic mass is 9.65. The first kappa shape index (κ1) is 17.7. The van der Waals surface area contributed by atoms with Crippen molar-refractivity contribution >= 4 is 11.7 Å². The number of hydrogen-bond donors (Lipinski definition) is 1. The molecule has 6 heteroatoms. The Kier molecular flexibility index (Phi) is 4.71. The lowest BCUT2D eigenvalue weighted by Gasteiger charge is -2.58. The number of rotatable bonds is 4. The molecule has 0 bridgehead atoms. The van der Waals surface area contributed by atoms with Crippen molar-refractivity contribution in [3.8, 4) is 5.75 Å². The van der Waals surface area contributed by atoms with Crippen molar-refractivity contribution in [2.75, 3.05) is 18.5 Å². The lowest BCUT2D eigenvalue weighted by Crippen LogP contribution is -2.68. The molecule has 1 aliphatic carbocycles. The highest BCUT2D eigenvalue weighted by molar-refractivity contribution is 5.91. The molecular formula is C19H24F2N2O2. The summed E-state index contributed by atoms with van der Waals surface area (Å²) in [6, 6.07) is 1.91. The third kappa shape index (κ3) is 2.98. The largest absolute Gasteiger partial charge is 0.491 e. The van der Waals surface area contributed by atoms with E-state index in [-0.39, 0.29) is 29.7 Å². The first-order chi connectivity index (χ1) is 11.9. The number of urea groups is 1. The molecule has 1 atom stereocenters. The molecule has 1 heterocycles. The Morgan fingerprint density at radius 1 is 1.36 bits per heavy atom. The van der Waals surface area contributed by atoms with Crippen LogP contribution in [0.3, 0.4) is 0 Å². The van der Waals surface area contributed by atoms with Crippen LogP contribution in [0.15, 0.2) is 24.3 Å². The number of nitrogens with zero attached hydrogens (tertiary/aromatic N) is 1. The minimum Gasteiger partial charge on any atom is -0.491 e. The Balaban J connectivity index is 1.78. The molecule has 1 aromatic rings. The first-order valence-corrected chi connectivity index (χ1v) is 8.73. The highest BCUT2D eigenvalue weighted by atomic mass is 19.1. The van der Waals surface area contributed by atoms with Gasteiger partial charge in [0, 0.05) is 18.0 Å². The van der Waals surface area contributed by atoms with E-state index in [0.29, 0.717) is 6.54 Å². The highest BCUT2D eigenvalue weighted by Crippen LogP contribution is 2.50. The molecule has 1 saturated heterocycles. The van der Waals surface area contributed by atoms with Gasteiger partial charge in [-0.3, -0.25) is 0 Å². The Hall–Kier alpha value is -2.11. The maximum absolute atomic E-state index is 14.4. The molecule has 0 radical (unpaired) electrons. The number of benzene rings is 1. The zero-order valence-corrected chi connectivity index (χ0v) is 14.8. The number of amides is 2. The van der Waals surface area contributed by atoms with E-state index in [2.05, 4.69) is 31.3 Å². The second-order valence-corrected chi connectivity index (χ2v) is 7.16. The molecule has 1 fully saturated rings. The Labute approximate surface area is 146 Å². The van der Waals surface area contributed by atoms with E-state index in [9.17, 15) is 13.6 Å². The molecular weight excluding hydrogens is 326 g/mol. The van der Waals surface area contributed by atoms with Crippen LogP contribution in [0.2, 0.25) is 0 Å². The summed E-state index contributed by atoms with van der Waals surface area (Å²) in [6.45, 7) is 6.71. The fourth-order valence-corrected chi connectivity index (χ4v) is 4.20. The number of likely N-dealkylation sites (tertiary alicyclic amines) is 1. The summed E-state index contributed by atoms with van der Waals surface area (Å²) in [5.74, 6) is -1.49. The van der Waals surface area contributed by atoms with Crippen LogP contribution in [0.1, 0.15) is 33.6 Å². The van der Waals surface area contributed by atoms with Gasteiger partial charge in [0.05, 0.1) is 6.61 Å². The van der Waals surface area contributed by atoms with Crippen molar-refractivity contribution in [3.63, 3.8) is 0 Å². The van der Waals surface area contributed by atoms with Crippen LogP contribution in [0.5, 0.6) is 5.75 Å². The van der Waals surface area contributed by atoms with Crippen LogP contribution in [-0.4, -0.2) is 30.1 Å². The van der Waals surface area contributed by atoms with Gasteiger partial charge >= 0.3 is 6.03 Å². The van der Waals surface area contributed by atoms with Crippen LogP contribution >= 0.6 is 0 Å². The van der Waals surface area contributed by atoms with Gasteiger partial charge in [0.2, 0.25) is 0 Å². The summed E-state index contributed by atoms with van der Waals surface area (Å²) in [6.07, 6.45) is 6.19. The number of hydrogen-bond acceptors (Lipinski definition) is 2. The molecule has 136 valence electrons. The molecule has 1 aromatic carbocycles. The van der Waals surface area contributed by atoms with Gasteiger partial charge in [-0.1, -0.05) is 26.0 Å². The molecule has 0 unspecified atom stereocenters. The van der Waals surface area contributed by atoms with Crippen LogP contribution in [0, 0.1) is 23.0 Å². The van der Waals surface area contributed by atoms with Crippen LogP contribution in [0.4, 0.5) is 19.3 Å². The minimum atomic E-state index is -0.880. The van der Waals surface area contributed by atoms with Crippen molar-refractivity contribution in [2.45, 2.75) is 39.7 Å². The monoisotopic (exact) mass is 350 g/mol. The normalized spacial score (nSPS) is 20.9. The number of halogens is 2. The zero-order chi connectivity index (χ0) is 18.2. The maximum Gasteiger partial charge on any atom is 0.322 e. The number of carbonyl (C=O) groups is 1. The van der Waals surface area contributed by atoms with Gasteiger partial charge in [0.15, 0.2) is 11.6 Å². The molecule has 4 nitrogen and oxygen atoms in total. The smallest absolute Gasteiger partial charge is 0.322 e. The van der Waals surface area contributed by atoms with Gasteiger partial charge in [-0.05, 0) is 37.8 Å². The van der Waals surface area contributed by atoms with Gasteiger partial charge in [0.25, 0.3) is 0 Å². The van der Waals surface area contributed by atoms with E-state index in [4.69, 9.17) is 4.74 Å². The van der Waals surface area contributed by atoms with Gasteiger partial charge in [0.1, 0.15) is 11.5 Å². The minimum absolute atomic E-state index is 0.0590. The average molecular weight is 350 g/mol.